The van der Waals surface area contributed by atoms with E-state index < -0.39 is 0 Å². The minimum absolute atomic E-state index is 0.784. The highest BCUT2D eigenvalue weighted by Gasteiger charge is 1.98. The smallest absolute Gasteiger partial charge is 0.191 e. The predicted octanol–water partition coefficient (Wildman–Crippen LogP) is 2.52. The average molecular weight is 260 g/mol. The Morgan fingerprint density at radius 2 is 2.00 bits per heavy atom. The minimum atomic E-state index is 0.784. The van der Waals surface area contributed by atoms with Crippen LogP contribution in [0.1, 0.15) is 18.7 Å². The van der Waals surface area contributed by atoms with Crippen LogP contribution in [0.25, 0.3) is 0 Å². The van der Waals surface area contributed by atoms with Gasteiger partial charge >= 0.3 is 0 Å². The van der Waals surface area contributed by atoms with Gasteiger partial charge in [-0.1, -0.05) is 11.6 Å². The van der Waals surface area contributed by atoms with Crippen molar-refractivity contribution in [3.05, 3.63) is 21.3 Å². The predicted molar refractivity (Wildman–Crippen MR) is 72.7 cm³/mol. The van der Waals surface area contributed by atoms with Crippen LogP contribution < -0.4 is 10.6 Å². The first-order valence-corrected chi connectivity index (χ1v) is 6.72. The molecular formula is C11H18ClN3S. The molecule has 16 heavy (non-hydrogen) atoms. The maximum absolute atomic E-state index is 5.86. The number of hydrogen-bond acceptors (Lipinski definition) is 2. The second kappa shape index (κ2) is 7.52. The van der Waals surface area contributed by atoms with E-state index in [1.165, 1.54) is 4.88 Å². The number of guanidine groups is 1. The molecule has 0 amide bonds. The van der Waals surface area contributed by atoms with Gasteiger partial charge in [-0.25, -0.2) is 0 Å². The molecule has 0 atom stereocenters. The number of nitrogens with zero attached hydrogens (tertiary/aromatic N) is 1. The molecule has 1 aromatic heterocycles. The van der Waals surface area contributed by atoms with E-state index in [0.717, 1.165) is 36.4 Å². The molecule has 0 aliphatic heterocycles. The van der Waals surface area contributed by atoms with Gasteiger partial charge in [0.1, 0.15) is 0 Å². The van der Waals surface area contributed by atoms with Gasteiger partial charge in [-0.05, 0) is 26.0 Å². The number of hydrogen-bond donors (Lipinski definition) is 2. The van der Waals surface area contributed by atoms with Gasteiger partial charge in [0.25, 0.3) is 0 Å². The Morgan fingerprint density at radius 1 is 1.31 bits per heavy atom. The van der Waals surface area contributed by atoms with E-state index in [0.29, 0.717) is 0 Å². The summed E-state index contributed by atoms with van der Waals surface area (Å²) in [5.74, 6) is 0.882. The molecule has 2 N–H and O–H groups in total. The highest BCUT2D eigenvalue weighted by atomic mass is 35.5. The van der Waals surface area contributed by atoms with Crippen molar-refractivity contribution in [2.45, 2.75) is 20.3 Å². The van der Waals surface area contributed by atoms with Crippen LogP contribution in [0.3, 0.4) is 0 Å². The number of rotatable bonds is 5. The summed E-state index contributed by atoms with van der Waals surface area (Å²) in [6, 6.07) is 3.99. The van der Waals surface area contributed by atoms with E-state index in [4.69, 9.17) is 11.6 Å². The number of thiophene rings is 1. The van der Waals surface area contributed by atoms with Crippen molar-refractivity contribution in [3.8, 4) is 0 Å². The third-order valence-electron chi connectivity index (χ3n) is 1.95. The molecule has 0 aliphatic rings. The first kappa shape index (κ1) is 13.3. The lowest BCUT2D eigenvalue weighted by Crippen LogP contribution is -2.37. The van der Waals surface area contributed by atoms with E-state index >= 15 is 0 Å². The summed E-state index contributed by atoms with van der Waals surface area (Å²) in [7, 11) is 0. The Bertz CT molecular complexity index is 328. The van der Waals surface area contributed by atoms with E-state index in [9.17, 15) is 0 Å². The zero-order chi connectivity index (χ0) is 11.8. The van der Waals surface area contributed by atoms with Crippen LogP contribution in [0.2, 0.25) is 4.34 Å². The lowest BCUT2D eigenvalue weighted by molar-refractivity contribution is 0.835. The zero-order valence-corrected chi connectivity index (χ0v) is 11.3. The summed E-state index contributed by atoms with van der Waals surface area (Å²) >= 11 is 7.48. The molecule has 90 valence electrons. The molecule has 3 nitrogen and oxygen atoms in total. The molecular weight excluding hydrogens is 242 g/mol. The average Bonchev–Trinajstić information content (AvgIpc) is 2.65. The first-order valence-electron chi connectivity index (χ1n) is 5.52. The Kier molecular flexibility index (Phi) is 6.26. The second-order valence-electron chi connectivity index (χ2n) is 3.25. The SMILES string of the molecule is CCNC(=NCCc1ccc(Cl)s1)NCC. The fourth-order valence-electron chi connectivity index (χ4n) is 1.27. The van der Waals surface area contributed by atoms with Crippen LogP contribution in [-0.4, -0.2) is 25.6 Å². The lowest BCUT2D eigenvalue weighted by Gasteiger charge is -2.08. The van der Waals surface area contributed by atoms with Crippen molar-refractivity contribution in [1.82, 2.24) is 10.6 Å². The van der Waals surface area contributed by atoms with Crippen molar-refractivity contribution >= 4 is 28.9 Å². The van der Waals surface area contributed by atoms with Gasteiger partial charge in [-0.15, -0.1) is 11.3 Å². The monoisotopic (exact) mass is 259 g/mol. The van der Waals surface area contributed by atoms with E-state index in [1.807, 2.05) is 6.07 Å². The van der Waals surface area contributed by atoms with Gasteiger partial charge in [0.05, 0.1) is 4.34 Å². The second-order valence-corrected chi connectivity index (χ2v) is 5.05. The highest BCUT2D eigenvalue weighted by Crippen LogP contribution is 2.21. The molecule has 0 aromatic carbocycles. The molecule has 0 aliphatic carbocycles. The Morgan fingerprint density at radius 3 is 2.50 bits per heavy atom. The topological polar surface area (TPSA) is 36.4 Å². The van der Waals surface area contributed by atoms with E-state index in [1.54, 1.807) is 11.3 Å². The van der Waals surface area contributed by atoms with Crippen molar-refractivity contribution < 1.29 is 0 Å². The van der Waals surface area contributed by atoms with Gasteiger partial charge < -0.3 is 10.6 Å². The largest absolute Gasteiger partial charge is 0.357 e. The molecule has 0 saturated carbocycles. The molecule has 1 heterocycles. The van der Waals surface area contributed by atoms with Crippen molar-refractivity contribution in [2.75, 3.05) is 19.6 Å². The Balaban J connectivity index is 2.38. The van der Waals surface area contributed by atoms with E-state index in [-0.39, 0.29) is 0 Å². The molecule has 0 saturated heterocycles. The number of halogens is 1. The first-order chi connectivity index (χ1) is 7.76. The van der Waals surface area contributed by atoms with Gasteiger partial charge in [-0.2, -0.15) is 0 Å². The van der Waals surface area contributed by atoms with Crippen LogP contribution in [0.4, 0.5) is 0 Å². The minimum Gasteiger partial charge on any atom is -0.357 e. The summed E-state index contributed by atoms with van der Waals surface area (Å²) in [5, 5.41) is 6.38. The summed E-state index contributed by atoms with van der Waals surface area (Å²) in [4.78, 5) is 5.74. The van der Waals surface area contributed by atoms with Crippen LogP contribution in [0.15, 0.2) is 17.1 Å². The molecule has 0 unspecified atom stereocenters. The van der Waals surface area contributed by atoms with Crippen molar-refractivity contribution in [2.24, 2.45) is 4.99 Å². The molecule has 1 rings (SSSR count). The molecule has 1 aromatic rings. The van der Waals surface area contributed by atoms with E-state index in [2.05, 4.69) is 35.5 Å². The lowest BCUT2D eigenvalue weighted by atomic mass is 10.3. The molecule has 0 fully saturated rings. The summed E-state index contributed by atoms with van der Waals surface area (Å²) < 4.78 is 0.845. The highest BCUT2D eigenvalue weighted by molar-refractivity contribution is 7.16. The van der Waals surface area contributed by atoms with Gasteiger partial charge in [0.2, 0.25) is 0 Å². The summed E-state index contributed by atoms with van der Waals surface area (Å²) in [5.41, 5.74) is 0. The third-order valence-corrected chi connectivity index (χ3v) is 3.24. The maximum Gasteiger partial charge on any atom is 0.191 e. The Labute approximate surface area is 106 Å². The fourth-order valence-corrected chi connectivity index (χ4v) is 2.35. The van der Waals surface area contributed by atoms with Crippen LogP contribution in [0, 0.1) is 0 Å². The summed E-state index contributed by atoms with van der Waals surface area (Å²) in [6.45, 7) is 6.68. The molecule has 0 bridgehead atoms. The van der Waals surface area contributed by atoms with Crippen LogP contribution >= 0.6 is 22.9 Å². The maximum atomic E-state index is 5.86. The van der Waals surface area contributed by atoms with Gasteiger partial charge in [0.15, 0.2) is 5.96 Å². The molecule has 5 heteroatoms. The molecule has 0 radical (unpaired) electrons. The fraction of sp³-hybridized carbons (Fsp3) is 0.545. The zero-order valence-electron chi connectivity index (χ0n) is 9.72. The standard InChI is InChI=1S/C11H18ClN3S/c1-3-13-11(14-4-2)15-8-7-9-5-6-10(12)16-9/h5-6H,3-4,7-8H2,1-2H3,(H2,13,14,15). The van der Waals surface area contributed by atoms with Gasteiger partial charge in [-0.3, -0.25) is 4.99 Å². The van der Waals surface area contributed by atoms with Crippen LogP contribution in [0.5, 0.6) is 0 Å². The van der Waals surface area contributed by atoms with Crippen molar-refractivity contribution in [3.63, 3.8) is 0 Å². The molecule has 0 spiro atoms. The van der Waals surface area contributed by atoms with Crippen LogP contribution in [-0.2, 0) is 6.42 Å². The number of nitrogens with one attached hydrogen (secondary N) is 2. The quantitative estimate of drug-likeness (QED) is 0.630. The summed E-state index contributed by atoms with van der Waals surface area (Å²) in [6.07, 6.45) is 0.942. The normalized spacial score (nSPS) is 9.94. The Hall–Kier alpha value is -0.740. The van der Waals surface area contributed by atoms with Crippen molar-refractivity contribution in [1.29, 1.82) is 0 Å². The number of aliphatic imine (C=N–C) groups is 1. The third kappa shape index (κ3) is 4.86. The van der Waals surface area contributed by atoms with Gasteiger partial charge in [0, 0.05) is 30.9 Å².